The lowest BCUT2D eigenvalue weighted by atomic mass is 9.76. The molecule has 0 N–H and O–H groups in total. The van der Waals surface area contributed by atoms with Gasteiger partial charge in [0.05, 0.1) is 0 Å². The van der Waals surface area contributed by atoms with Gasteiger partial charge < -0.3 is 0 Å². The molecule has 140 valence electrons. The SMILES string of the molecule is CCC[Si@H]1CC[C@H](CCC2CCC(c3ccc(I)c(F)c3)CC2)CC1. The second-order valence-corrected chi connectivity index (χ2v) is 13.3. The highest BCUT2D eigenvalue weighted by Crippen LogP contribution is 2.39. The van der Waals surface area contributed by atoms with Gasteiger partial charge in [-0.25, -0.2) is 4.39 Å². The summed E-state index contributed by atoms with van der Waals surface area (Å²) in [5.74, 6) is 2.54. The summed E-state index contributed by atoms with van der Waals surface area (Å²) in [5.41, 5.74) is 1.23. The van der Waals surface area contributed by atoms with Gasteiger partial charge in [0, 0.05) is 12.4 Å². The van der Waals surface area contributed by atoms with Crippen LogP contribution in [0.5, 0.6) is 0 Å². The van der Waals surface area contributed by atoms with Gasteiger partial charge in [-0.3, -0.25) is 0 Å². The highest BCUT2D eigenvalue weighted by atomic mass is 127. The first kappa shape index (κ1) is 19.8. The van der Waals surface area contributed by atoms with E-state index < -0.39 is 0 Å². The van der Waals surface area contributed by atoms with E-state index in [0.29, 0.717) is 5.92 Å². The van der Waals surface area contributed by atoms with Crippen LogP contribution in [0.15, 0.2) is 18.2 Å². The fourth-order valence-electron chi connectivity index (χ4n) is 5.24. The second kappa shape index (κ2) is 9.87. The minimum absolute atomic E-state index is 0.0394. The molecular weight excluding hydrogens is 438 g/mol. The molecule has 2 aliphatic rings. The molecule has 0 nitrogen and oxygen atoms in total. The molecule has 3 heteroatoms. The average molecular weight is 473 g/mol. The maximum Gasteiger partial charge on any atom is 0.136 e. The smallest absolute Gasteiger partial charge is 0.136 e. The quantitative estimate of drug-likeness (QED) is 0.297. The van der Waals surface area contributed by atoms with E-state index in [1.54, 1.807) is 37.0 Å². The number of halogens is 2. The van der Waals surface area contributed by atoms with Crippen molar-refractivity contribution in [1.82, 2.24) is 0 Å². The lowest BCUT2D eigenvalue weighted by Crippen LogP contribution is -2.22. The fraction of sp³-hybridized carbons (Fsp3) is 0.727. The molecular formula is C22H34FISi. The summed E-state index contributed by atoms with van der Waals surface area (Å²) in [6, 6.07) is 10.7. The summed E-state index contributed by atoms with van der Waals surface area (Å²) in [6.07, 6.45) is 12.7. The highest BCUT2D eigenvalue weighted by molar-refractivity contribution is 14.1. The predicted octanol–water partition coefficient (Wildman–Crippen LogP) is 7.53. The third kappa shape index (κ3) is 5.79. The summed E-state index contributed by atoms with van der Waals surface area (Å²) in [5, 5.41) is 0. The topological polar surface area (TPSA) is 0 Å². The largest absolute Gasteiger partial charge is 0.206 e. The summed E-state index contributed by atoms with van der Waals surface area (Å²) in [6.45, 7) is 2.36. The van der Waals surface area contributed by atoms with Crippen molar-refractivity contribution in [2.45, 2.75) is 88.8 Å². The third-order valence-electron chi connectivity index (χ3n) is 6.91. The molecule has 0 radical (unpaired) electrons. The average Bonchev–Trinajstić information content (AvgIpc) is 2.64. The Balaban J connectivity index is 1.37. The van der Waals surface area contributed by atoms with Crippen molar-refractivity contribution >= 4 is 31.4 Å². The first-order valence-electron chi connectivity index (χ1n) is 10.6. The lowest BCUT2D eigenvalue weighted by molar-refractivity contribution is 0.280. The Kier molecular flexibility index (Phi) is 7.83. The molecule has 1 saturated heterocycles. The molecule has 1 aromatic carbocycles. The Morgan fingerprint density at radius 3 is 2.24 bits per heavy atom. The summed E-state index contributed by atoms with van der Waals surface area (Å²) in [7, 11) is -0.306. The van der Waals surface area contributed by atoms with Gasteiger partial charge in [-0.1, -0.05) is 63.2 Å². The first-order chi connectivity index (χ1) is 12.2. The van der Waals surface area contributed by atoms with Crippen LogP contribution in [-0.2, 0) is 0 Å². The summed E-state index contributed by atoms with van der Waals surface area (Å²) < 4.78 is 14.6. The molecule has 3 rings (SSSR count). The van der Waals surface area contributed by atoms with Crippen LogP contribution in [0.3, 0.4) is 0 Å². The molecule has 0 unspecified atom stereocenters. The van der Waals surface area contributed by atoms with E-state index in [1.165, 1.54) is 50.5 Å². The van der Waals surface area contributed by atoms with E-state index in [1.807, 2.05) is 6.07 Å². The van der Waals surface area contributed by atoms with Crippen LogP contribution in [0.2, 0.25) is 18.1 Å². The van der Waals surface area contributed by atoms with Gasteiger partial charge in [0.1, 0.15) is 5.82 Å². The molecule has 0 spiro atoms. The number of hydrogen-bond donors (Lipinski definition) is 0. The van der Waals surface area contributed by atoms with Crippen molar-refractivity contribution in [3.63, 3.8) is 0 Å². The molecule has 0 amide bonds. The maximum atomic E-state index is 13.8. The number of benzene rings is 1. The van der Waals surface area contributed by atoms with E-state index in [-0.39, 0.29) is 14.6 Å². The molecule has 1 aliphatic carbocycles. The van der Waals surface area contributed by atoms with Crippen molar-refractivity contribution in [3.8, 4) is 0 Å². The molecule has 1 aliphatic heterocycles. The van der Waals surface area contributed by atoms with Gasteiger partial charge in [0.25, 0.3) is 0 Å². The van der Waals surface area contributed by atoms with Crippen LogP contribution < -0.4 is 0 Å². The second-order valence-electron chi connectivity index (χ2n) is 8.64. The van der Waals surface area contributed by atoms with Crippen LogP contribution >= 0.6 is 22.6 Å². The fourth-order valence-corrected chi connectivity index (χ4v) is 9.14. The molecule has 1 saturated carbocycles. The van der Waals surface area contributed by atoms with Crippen molar-refractivity contribution in [3.05, 3.63) is 33.1 Å². The molecule has 0 bridgehead atoms. The molecule has 2 fully saturated rings. The normalized spacial score (nSPS) is 30.4. The van der Waals surface area contributed by atoms with Crippen molar-refractivity contribution < 1.29 is 4.39 Å². The van der Waals surface area contributed by atoms with Crippen LogP contribution in [0.25, 0.3) is 0 Å². The zero-order chi connectivity index (χ0) is 17.6. The van der Waals surface area contributed by atoms with E-state index in [0.717, 1.165) is 15.4 Å². The Hall–Kier alpha value is 0.0969. The Morgan fingerprint density at radius 1 is 1.00 bits per heavy atom. The van der Waals surface area contributed by atoms with Crippen LogP contribution in [0.4, 0.5) is 4.39 Å². The van der Waals surface area contributed by atoms with Crippen molar-refractivity contribution in [2.75, 3.05) is 0 Å². The van der Waals surface area contributed by atoms with Gasteiger partial charge in [-0.05, 0) is 83.7 Å². The monoisotopic (exact) mass is 472 g/mol. The van der Waals surface area contributed by atoms with Gasteiger partial charge in [0.15, 0.2) is 0 Å². The Morgan fingerprint density at radius 2 is 1.64 bits per heavy atom. The minimum Gasteiger partial charge on any atom is -0.206 e. The summed E-state index contributed by atoms with van der Waals surface area (Å²) >= 11 is 2.08. The van der Waals surface area contributed by atoms with Gasteiger partial charge in [-0.15, -0.1) is 0 Å². The van der Waals surface area contributed by atoms with Crippen molar-refractivity contribution in [1.29, 1.82) is 0 Å². The first-order valence-corrected chi connectivity index (χ1v) is 14.1. The molecule has 1 heterocycles. The van der Waals surface area contributed by atoms with Gasteiger partial charge in [0.2, 0.25) is 0 Å². The Labute approximate surface area is 169 Å². The minimum atomic E-state index is -0.306. The third-order valence-corrected chi connectivity index (χ3v) is 11.5. The molecule has 0 atom stereocenters. The number of hydrogen-bond acceptors (Lipinski definition) is 0. The van der Waals surface area contributed by atoms with E-state index in [9.17, 15) is 4.39 Å². The van der Waals surface area contributed by atoms with Crippen molar-refractivity contribution in [2.24, 2.45) is 11.8 Å². The van der Waals surface area contributed by atoms with E-state index in [2.05, 4.69) is 35.6 Å². The summed E-state index contributed by atoms with van der Waals surface area (Å²) in [4.78, 5) is 0. The zero-order valence-electron chi connectivity index (χ0n) is 15.8. The maximum absolute atomic E-state index is 13.8. The molecule has 25 heavy (non-hydrogen) atoms. The molecule has 1 aromatic rings. The van der Waals surface area contributed by atoms with E-state index in [4.69, 9.17) is 0 Å². The van der Waals surface area contributed by atoms with Gasteiger partial charge >= 0.3 is 0 Å². The standard InChI is InChI=1S/C22H34FISi/c1-2-13-25-14-11-18(12-15-25)4-3-17-5-7-19(8-6-17)20-9-10-22(24)21(23)16-20/h9-10,16-19,25H,2-8,11-15H2,1H3/t17?,18-,19?,25-. The predicted molar refractivity (Wildman–Crippen MR) is 118 cm³/mol. The highest BCUT2D eigenvalue weighted by Gasteiger charge is 2.25. The van der Waals surface area contributed by atoms with E-state index >= 15 is 0 Å². The zero-order valence-corrected chi connectivity index (χ0v) is 19.1. The number of rotatable bonds is 6. The van der Waals surface area contributed by atoms with Gasteiger partial charge in [-0.2, -0.15) is 0 Å². The molecule has 0 aromatic heterocycles. The van der Waals surface area contributed by atoms with Crippen LogP contribution in [0, 0.1) is 21.2 Å². The van der Waals surface area contributed by atoms with Crippen LogP contribution in [0.1, 0.15) is 76.2 Å². The lowest BCUT2D eigenvalue weighted by Gasteiger charge is -2.32. The van der Waals surface area contributed by atoms with Crippen LogP contribution in [-0.4, -0.2) is 8.80 Å². The Bertz CT molecular complexity index is 531.